The maximum atomic E-state index is 14.5. The predicted octanol–water partition coefficient (Wildman–Crippen LogP) is 3.40. The lowest BCUT2D eigenvalue weighted by Gasteiger charge is -2.48. The highest BCUT2D eigenvalue weighted by atomic mass is 16.7. The Kier molecular flexibility index (Phi) is 20.5. The summed E-state index contributed by atoms with van der Waals surface area (Å²) >= 11 is 0. The van der Waals surface area contributed by atoms with Crippen LogP contribution in [0.25, 0.3) is 6.08 Å². The molecule has 4 rings (SSSR count). The SMILES string of the molecule is CC[C@H]1OC(=O)[C@H](C)[C@@H](O[C@H]2C[C@@](C)(OC)[C@@H](O)[C@H](C)O2)[C@H](C)[C@@H](O[C@@H]2O[C@H](C)C[C@H](N(C)C)[C@H]2O)[C@](C)(O)C[C@@H](C)CN(CCCNC(=O)/C=C/c2cccc([N+](=O)[O-])c2)[C@H](C)[C@@H](O)[C@]1(C)O. The van der Waals surface area contributed by atoms with Crippen LogP contribution in [-0.2, 0) is 38.0 Å². The first-order chi connectivity index (χ1) is 31.7. The number of nitrogens with one attached hydrogen (secondary N) is 1. The minimum Gasteiger partial charge on any atom is -0.459 e. The molecule has 19 nitrogen and oxygen atoms in total. The Labute approximate surface area is 402 Å². The molecular formula is C49H82N4O15. The molecule has 0 spiro atoms. The van der Waals surface area contributed by atoms with Crippen molar-refractivity contribution in [3.05, 3.63) is 46.0 Å². The van der Waals surface area contributed by atoms with Gasteiger partial charge in [-0.05, 0) is 106 Å². The normalized spacial score (nSPS) is 40.6. The second-order valence-electron chi connectivity index (χ2n) is 20.6. The Morgan fingerprint density at radius 1 is 1.03 bits per heavy atom. The van der Waals surface area contributed by atoms with Crippen LogP contribution in [0.4, 0.5) is 5.69 Å². The van der Waals surface area contributed by atoms with Crippen molar-refractivity contribution in [2.24, 2.45) is 17.8 Å². The van der Waals surface area contributed by atoms with Gasteiger partial charge in [-0.1, -0.05) is 32.9 Å². The summed E-state index contributed by atoms with van der Waals surface area (Å²) in [4.78, 5) is 41.9. The van der Waals surface area contributed by atoms with E-state index in [0.717, 1.165) is 0 Å². The number of nitro groups is 1. The predicted molar refractivity (Wildman–Crippen MR) is 253 cm³/mol. The Bertz CT molecular complexity index is 1830. The summed E-state index contributed by atoms with van der Waals surface area (Å²) in [6.45, 7) is 18.1. The van der Waals surface area contributed by atoms with Gasteiger partial charge < -0.3 is 64.2 Å². The number of likely N-dealkylation sites (N-methyl/N-ethyl adjacent to an activating group) is 1. The molecule has 3 fully saturated rings. The molecule has 68 heavy (non-hydrogen) atoms. The zero-order valence-electron chi connectivity index (χ0n) is 42.4. The number of aliphatic hydroxyl groups is 5. The van der Waals surface area contributed by atoms with Gasteiger partial charge in [-0.2, -0.15) is 0 Å². The van der Waals surface area contributed by atoms with Crippen LogP contribution >= 0.6 is 0 Å². The summed E-state index contributed by atoms with van der Waals surface area (Å²) < 4.78 is 37.9. The molecule has 6 N–H and O–H groups in total. The molecular weight excluding hydrogens is 885 g/mol. The Morgan fingerprint density at radius 3 is 2.32 bits per heavy atom. The molecule has 1 aromatic carbocycles. The highest BCUT2D eigenvalue weighted by Crippen LogP contribution is 2.40. The first-order valence-corrected chi connectivity index (χ1v) is 24.1. The number of cyclic esters (lactones) is 1. The van der Waals surface area contributed by atoms with Gasteiger partial charge in [0.15, 0.2) is 12.6 Å². The van der Waals surface area contributed by atoms with Gasteiger partial charge >= 0.3 is 5.97 Å². The second-order valence-corrected chi connectivity index (χ2v) is 20.6. The third-order valence-corrected chi connectivity index (χ3v) is 14.5. The maximum absolute atomic E-state index is 14.5. The van der Waals surface area contributed by atoms with E-state index in [1.54, 1.807) is 54.5 Å². The number of nitrogens with zero attached hydrogens (tertiary/aromatic N) is 3. The van der Waals surface area contributed by atoms with E-state index in [1.165, 1.54) is 44.4 Å². The van der Waals surface area contributed by atoms with E-state index in [2.05, 4.69) is 5.32 Å². The lowest BCUT2D eigenvalue weighted by molar-refractivity contribution is -0.384. The van der Waals surface area contributed by atoms with Gasteiger partial charge in [-0.15, -0.1) is 0 Å². The van der Waals surface area contributed by atoms with Crippen molar-refractivity contribution in [2.75, 3.05) is 40.8 Å². The number of amides is 1. The average molecular weight is 967 g/mol. The number of non-ortho nitro benzene ring substituents is 1. The molecule has 3 heterocycles. The number of methoxy groups -OCH3 is 1. The van der Waals surface area contributed by atoms with Crippen LogP contribution in [0, 0.1) is 27.9 Å². The van der Waals surface area contributed by atoms with E-state index in [9.17, 15) is 45.2 Å². The van der Waals surface area contributed by atoms with Gasteiger partial charge in [0, 0.05) is 69.4 Å². The van der Waals surface area contributed by atoms with Crippen LogP contribution in [0.1, 0.15) is 107 Å². The van der Waals surface area contributed by atoms with Gasteiger partial charge in [-0.25, -0.2) is 0 Å². The van der Waals surface area contributed by atoms with E-state index >= 15 is 0 Å². The Balaban J connectivity index is 1.72. The number of aliphatic hydroxyl groups excluding tert-OH is 3. The van der Waals surface area contributed by atoms with Crippen molar-refractivity contribution >= 4 is 23.6 Å². The monoisotopic (exact) mass is 967 g/mol. The molecule has 3 saturated heterocycles. The molecule has 0 unspecified atom stereocenters. The van der Waals surface area contributed by atoms with Crippen molar-refractivity contribution in [1.82, 2.24) is 15.1 Å². The minimum atomic E-state index is -1.96. The number of benzene rings is 1. The Morgan fingerprint density at radius 2 is 1.71 bits per heavy atom. The first-order valence-electron chi connectivity index (χ1n) is 24.1. The van der Waals surface area contributed by atoms with Crippen LogP contribution in [0.15, 0.2) is 30.3 Å². The van der Waals surface area contributed by atoms with Crippen LogP contribution in [0.2, 0.25) is 0 Å². The summed E-state index contributed by atoms with van der Waals surface area (Å²) in [6, 6.07) is 4.84. The molecule has 0 bridgehead atoms. The van der Waals surface area contributed by atoms with Crippen LogP contribution in [0.3, 0.4) is 0 Å². The fourth-order valence-electron chi connectivity index (χ4n) is 10.4. The summed E-state index contributed by atoms with van der Waals surface area (Å²) in [7, 11) is 5.21. The number of hydrogen-bond acceptors (Lipinski definition) is 17. The molecule has 0 aromatic heterocycles. The van der Waals surface area contributed by atoms with Gasteiger partial charge in [0.2, 0.25) is 5.91 Å². The molecule has 1 amide bonds. The van der Waals surface area contributed by atoms with Crippen molar-refractivity contribution in [3.63, 3.8) is 0 Å². The lowest BCUT2D eigenvalue weighted by Crippen LogP contribution is -2.60. The number of esters is 1. The van der Waals surface area contributed by atoms with E-state index in [4.69, 9.17) is 28.4 Å². The summed E-state index contributed by atoms with van der Waals surface area (Å²) in [5.41, 5.74) is -4.33. The smallest absolute Gasteiger partial charge is 0.311 e. The van der Waals surface area contributed by atoms with Crippen molar-refractivity contribution in [2.45, 2.75) is 192 Å². The highest BCUT2D eigenvalue weighted by Gasteiger charge is 2.53. The fourth-order valence-corrected chi connectivity index (χ4v) is 10.4. The quantitative estimate of drug-likeness (QED) is 0.0514. The van der Waals surface area contributed by atoms with Crippen molar-refractivity contribution < 1.29 is 68.5 Å². The molecule has 3 aliphatic heterocycles. The number of nitro benzene ring substituents is 1. The number of carbonyl (C=O) groups is 2. The molecule has 3 aliphatic rings. The number of ether oxygens (including phenoxy) is 6. The number of rotatable bonds is 14. The number of hydrogen-bond donors (Lipinski definition) is 6. The molecule has 19 heteroatoms. The Hall–Kier alpha value is -3.18. The molecule has 0 aliphatic carbocycles. The summed E-state index contributed by atoms with van der Waals surface area (Å²) in [5, 5.41) is 73.9. The van der Waals surface area contributed by atoms with E-state index in [-0.39, 0.29) is 49.6 Å². The molecule has 0 radical (unpaired) electrons. The second kappa shape index (κ2) is 24.3. The van der Waals surface area contributed by atoms with Gasteiger partial charge in [-0.3, -0.25) is 24.6 Å². The van der Waals surface area contributed by atoms with Gasteiger partial charge in [0.25, 0.3) is 5.69 Å². The molecule has 1 aromatic rings. The average Bonchev–Trinajstić information content (AvgIpc) is 3.27. The standard InChI is InChI=1S/C49H82N4O15/c1-14-37-49(10,60)42(56)32(6)52(22-16-21-50-38(54)20-19-34-17-15-18-35(24-34)53(61)62)27-28(2)25-47(8,59)44(68-46-40(55)36(51(11)12)23-29(3)64-46)30(4)41(31(5)45(58)66-37)67-39-26-48(9,63-13)43(57)33(7)65-39/h15,17-20,24,28-33,36-37,39-44,46,55-57,59-60H,14,16,21-23,25-27H2,1-13H3,(H,50,54)/b20-19+/t28-,29-,30+,31-,32-,33+,36+,37-,39+,40-,41+,42-,43+,44-,46+,47-,48-,49-/m1/s1. The maximum Gasteiger partial charge on any atom is 0.311 e. The van der Waals surface area contributed by atoms with Crippen molar-refractivity contribution in [1.29, 1.82) is 0 Å². The zero-order valence-corrected chi connectivity index (χ0v) is 42.4. The van der Waals surface area contributed by atoms with Crippen LogP contribution < -0.4 is 5.32 Å². The van der Waals surface area contributed by atoms with Gasteiger partial charge in [0.1, 0.15) is 30.0 Å². The largest absolute Gasteiger partial charge is 0.459 e. The lowest BCUT2D eigenvalue weighted by atomic mass is 9.77. The van der Waals surface area contributed by atoms with E-state index in [0.29, 0.717) is 31.5 Å². The topological polar surface area (TPSA) is 252 Å². The molecule has 0 saturated carbocycles. The third-order valence-electron chi connectivity index (χ3n) is 14.5. The summed E-state index contributed by atoms with van der Waals surface area (Å²) in [5.74, 6) is -3.41. The van der Waals surface area contributed by atoms with Crippen molar-refractivity contribution in [3.8, 4) is 0 Å². The van der Waals surface area contributed by atoms with Crippen LogP contribution in [-0.4, -0.2) is 183 Å². The summed E-state index contributed by atoms with van der Waals surface area (Å²) in [6.07, 6.45) is -6.19. The zero-order chi connectivity index (χ0) is 51.1. The molecule has 388 valence electrons. The fraction of sp³-hybridized carbons (Fsp3) is 0.796. The first kappa shape index (κ1) is 57.4. The van der Waals surface area contributed by atoms with E-state index < -0.39 is 107 Å². The highest BCUT2D eigenvalue weighted by molar-refractivity contribution is 5.91. The van der Waals surface area contributed by atoms with Gasteiger partial charge in [0.05, 0.1) is 46.5 Å². The van der Waals surface area contributed by atoms with Crippen LogP contribution in [0.5, 0.6) is 0 Å². The third kappa shape index (κ3) is 14.2. The molecule has 18 atom stereocenters. The minimum absolute atomic E-state index is 0.0818. The number of carbonyl (C=O) groups excluding carboxylic acids is 2. The van der Waals surface area contributed by atoms with E-state index in [1.807, 2.05) is 37.7 Å².